The fourth-order valence-electron chi connectivity index (χ4n) is 1.47. The van der Waals surface area contributed by atoms with Gasteiger partial charge in [0.1, 0.15) is 5.69 Å². The van der Waals surface area contributed by atoms with Gasteiger partial charge in [-0.25, -0.2) is 0 Å². The molecule has 1 aliphatic rings. The van der Waals surface area contributed by atoms with Crippen LogP contribution in [0, 0.1) is 0 Å². The van der Waals surface area contributed by atoms with E-state index in [1.54, 1.807) is 6.07 Å². The van der Waals surface area contributed by atoms with Gasteiger partial charge in [0, 0.05) is 6.20 Å². The molecule has 1 aromatic rings. The van der Waals surface area contributed by atoms with Crippen molar-refractivity contribution < 1.29 is 4.79 Å². The Morgan fingerprint density at radius 2 is 2.25 bits per heavy atom. The van der Waals surface area contributed by atoms with Gasteiger partial charge < -0.3 is 0 Å². The van der Waals surface area contributed by atoms with Crippen LogP contribution in [0.25, 0.3) is 0 Å². The fraction of sp³-hybridized carbons (Fsp3) is 0.400. The first-order chi connectivity index (χ1) is 5.90. The molecule has 0 spiro atoms. The summed E-state index contributed by atoms with van der Waals surface area (Å²) in [5, 5.41) is 0. The summed E-state index contributed by atoms with van der Waals surface area (Å²) in [6.45, 7) is 0. The van der Waals surface area contributed by atoms with E-state index < -0.39 is 0 Å². The Morgan fingerprint density at radius 1 is 1.42 bits per heavy atom. The van der Waals surface area contributed by atoms with Crippen LogP contribution in [0.2, 0.25) is 0 Å². The molecule has 2 heteroatoms. The minimum absolute atomic E-state index is 0.526. The third-order valence-corrected chi connectivity index (χ3v) is 2.51. The molecule has 1 heterocycles. The Morgan fingerprint density at radius 3 is 2.67 bits per heavy atom. The number of pyridine rings is 1. The van der Waals surface area contributed by atoms with Gasteiger partial charge in [0.2, 0.25) is 0 Å². The van der Waals surface area contributed by atoms with Crippen molar-refractivity contribution in [1.82, 2.24) is 4.98 Å². The number of carbonyl (C=O) groups excluding carboxylic acids is 1. The molecule has 0 amide bonds. The van der Waals surface area contributed by atoms with E-state index in [2.05, 4.69) is 4.98 Å². The molecule has 2 nitrogen and oxygen atoms in total. The Kier molecular flexibility index (Phi) is 1.90. The summed E-state index contributed by atoms with van der Waals surface area (Å²) >= 11 is 0. The maximum absolute atomic E-state index is 10.3. The molecule has 0 aliphatic heterocycles. The molecule has 1 aromatic heterocycles. The summed E-state index contributed by atoms with van der Waals surface area (Å²) in [5.41, 5.74) is 1.81. The van der Waals surface area contributed by atoms with Crippen LogP contribution in [-0.2, 0) is 0 Å². The first-order valence-corrected chi connectivity index (χ1v) is 4.31. The van der Waals surface area contributed by atoms with Crippen molar-refractivity contribution in [3.05, 3.63) is 29.6 Å². The second-order valence-corrected chi connectivity index (χ2v) is 3.26. The van der Waals surface area contributed by atoms with Gasteiger partial charge in [-0.3, -0.25) is 9.78 Å². The van der Waals surface area contributed by atoms with Crippen LogP contribution in [0.3, 0.4) is 0 Å². The molecule has 0 N–H and O–H groups in total. The van der Waals surface area contributed by atoms with E-state index >= 15 is 0 Å². The highest BCUT2D eigenvalue weighted by molar-refractivity contribution is 5.71. The number of hydrogen-bond donors (Lipinski definition) is 0. The van der Waals surface area contributed by atoms with Crippen molar-refractivity contribution in [3.63, 3.8) is 0 Å². The number of rotatable bonds is 2. The Bertz CT molecular complexity index is 274. The molecule has 0 unspecified atom stereocenters. The molecule has 0 saturated heterocycles. The quantitative estimate of drug-likeness (QED) is 0.622. The van der Waals surface area contributed by atoms with Gasteiger partial charge in [-0.05, 0) is 30.4 Å². The molecule has 0 atom stereocenters. The minimum Gasteiger partial charge on any atom is -0.296 e. The average molecular weight is 161 g/mol. The number of hydrogen-bond acceptors (Lipinski definition) is 2. The molecule has 0 aromatic carbocycles. The summed E-state index contributed by atoms with van der Waals surface area (Å²) < 4.78 is 0. The van der Waals surface area contributed by atoms with Crippen LogP contribution in [0.4, 0.5) is 0 Å². The van der Waals surface area contributed by atoms with E-state index in [0.717, 1.165) is 6.29 Å². The number of nitrogens with zero attached hydrogens (tertiary/aromatic N) is 1. The van der Waals surface area contributed by atoms with Gasteiger partial charge in [0.15, 0.2) is 6.29 Å². The maximum Gasteiger partial charge on any atom is 0.168 e. The van der Waals surface area contributed by atoms with E-state index in [4.69, 9.17) is 0 Å². The number of aldehydes is 1. The molecular weight excluding hydrogens is 150 g/mol. The Labute approximate surface area is 71.6 Å². The second kappa shape index (κ2) is 3.05. The lowest BCUT2D eigenvalue weighted by molar-refractivity contribution is 0.111. The highest BCUT2D eigenvalue weighted by Crippen LogP contribution is 2.35. The van der Waals surface area contributed by atoms with Crippen molar-refractivity contribution in [2.24, 2.45) is 0 Å². The zero-order chi connectivity index (χ0) is 8.39. The lowest BCUT2D eigenvalue weighted by atomic mass is 9.81. The SMILES string of the molecule is O=Cc1ccc(C2CCC2)cn1. The molecule has 2 rings (SSSR count). The molecule has 1 fully saturated rings. The molecule has 12 heavy (non-hydrogen) atoms. The minimum atomic E-state index is 0.526. The lowest BCUT2D eigenvalue weighted by Gasteiger charge is -2.25. The topological polar surface area (TPSA) is 30.0 Å². The van der Waals surface area contributed by atoms with Crippen molar-refractivity contribution in [2.75, 3.05) is 0 Å². The smallest absolute Gasteiger partial charge is 0.168 e. The van der Waals surface area contributed by atoms with E-state index in [0.29, 0.717) is 11.6 Å². The third kappa shape index (κ3) is 1.24. The summed E-state index contributed by atoms with van der Waals surface area (Å²) in [4.78, 5) is 14.3. The Hall–Kier alpha value is -1.18. The third-order valence-electron chi connectivity index (χ3n) is 2.51. The van der Waals surface area contributed by atoms with Crippen LogP contribution < -0.4 is 0 Å². The van der Waals surface area contributed by atoms with Crippen molar-refractivity contribution >= 4 is 6.29 Å². The van der Waals surface area contributed by atoms with E-state index in [1.807, 2.05) is 12.3 Å². The van der Waals surface area contributed by atoms with Crippen molar-refractivity contribution in [3.8, 4) is 0 Å². The van der Waals surface area contributed by atoms with Crippen LogP contribution in [0.1, 0.15) is 41.2 Å². The first kappa shape index (κ1) is 7.47. The van der Waals surface area contributed by atoms with Gasteiger partial charge >= 0.3 is 0 Å². The predicted molar refractivity (Wildman–Crippen MR) is 46.2 cm³/mol. The fourth-order valence-corrected chi connectivity index (χ4v) is 1.47. The van der Waals surface area contributed by atoms with Gasteiger partial charge in [-0.2, -0.15) is 0 Å². The highest BCUT2D eigenvalue weighted by atomic mass is 16.1. The normalized spacial score (nSPS) is 17.0. The first-order valence-electron chi connectivity index (χ1n) is 4.31. The van der Waals surface area contributed by atoms with Crippen molar-refractivity contribution in [2.45, 2.75) is 25.2 Å². The monoisotopic (exact) mass is 161 g/mol. The summed E-state index contributed by atoms with van der Waals surface area (Å²) in [6.07, 6.45) is 6.50. The molecule has 0 bridgehead atoms. The Balaban J connectivity index is 2.18. The second-order valence-electron chi connectivity index (χ2n) is 3.26. The van der Waals surface area contributed by atoms with Crippen molar-refractivity contribution in [1.29, 1.82) is 0 Å². The maximum atomic E-state index is 10.3. The zero-order valence-electron chi connectivity index (χ0n) is 6.86. The van der Waals surface area contributed by atoms with Crippen LogP contribution in [-0.4, -0.2) is 11.3 Å². The van der Waals surface area contributed by atoms with E-state index in [1.165, 1.54) is 24.8 Å². The van der Waals surface area contributed by atoms with Gasteiger partial charge in [0.25, 0.3) is 0 Å². The number of carbonyl (C=O) groups is 1. The standard InChI is InChI=1S/C10H11NO/c12-7-10-5-4-9(6-11-10)8-2-1-3-8/h4-8H,1-3H2. The molecule has 1 aliphatic carbocycles. The van der Waals surface area contributed by atoms with Crippen LogP contribution >= 0.6 is 0 Å². The lowest BCUT2D eigenvalue weighted by Crippen LogP contribution is -2.08. The number of aromatic nitrogens is 1. The van der Waals surface area contributed by atoms with Gasteiger partial charge in [0.05, 0.1) is 0 Å². The molecule has 62 valence electrons. The largest absolute Gasteiger partial charge is 0.296 e. The van der Waals surface area contributed by atoms with E-state index in [9.17, 15) is 4.79 Å². The summed E-state index contributed by atoms with van der Waals surface area (Å²) in [5.74, 6) is 0.707. The van der Waals surface area contributed by atoms with E-state index in [-0.39, 0.29) is 0 Å². The highest BCUT2D eigenvalue weighted by Gasteiger charge is 2.19. The predicted octanol–water partition coefficient (Wildman–Crippen LogP) is 2.16. The van der Waals surface area contributed by atoms with Gasteiger partial charge in [-0.1, -0.05) is 12.5 Å². The zero-order valence-corrected chi connectivity index (χ0v) is 6.86. The van der Waals surface area contributed by atoms with Crippen LogP contribution in [0.5, 0.6) is 0 Å². The average Bonchev–Trinajstić information content (AvgIpc) is 2.03. The molecule has 0 radical (unpaired) electrons. The van der Waals surface area contributed by atoms with Gasteiger partial charge in [-0.15, -0.1) is 0 Å². The van der Waals surface area contributed by atoms with Crippen LogP contribution in [0.15, 0.2) is 18.3 Å². The summed E-state index contributed by atoms with van der Waals surface area (Å²) in [6, 6.07) is 3.81. The summed E-state index contributed by atoms with van der Waals surface area (Å²) in [7, 11) is 0. The molecule has 1 saturated carbocycles. The molecular formula is C10H11NO.